The summed E-state index contributed by atoms with van der Waals surface area (Å²) in [6, 6.07) is 6.25. The maximum Gasteiger partial charge on any atom is 0.387 e. The van der Waals surface area contributed by atoms with Gasteiger partial charge in [0.15, 0.2) is 0 Å². The molecule has 0 amide bonds. The molecule has 0 fully saturated rings. The van der Waals surface area contributed by atoms with Gasteiger partial charge in [-0.1, -0.05) is 25.5 Å². The number of H-pyrrole nitrogens is 1. The summed E-state index contributed by atoms with van der Waals surface area (Å²) in [4.78, 5) is 18.9. The number of alkyl halides is 2. The summed E-state index contributed by atoms with van der Waals surface area (Å²) in [6.07, 6.45) is 1.48. The van der Waals surface area contributed by atoms with Crippen molar-refractivity contribution in [3.05, 3.63) is 43.9 Å². The number of hydrogen-bond donors (Lipinski definition) is 1. The molecule has 7 heteroatoms. The minimum absolute atomic E-state index is 0.0145. The van der Waals surface area contributed by atoms with Gasteiger partial charge in [0.05, 0.1) is 14.8 Å². The number of nitrogens with one attached hydrogen (secondary N) is 1. The Labute approximate surface area is 133 Å². The fraction of sp³-hybridized carbons (Fsp3) is 0.286. The minimum atomic E-state index is -2.93. The number of hydrogen-bond acceptors (Lipinski definition) is 3. The number of aryl methyl sites for hydroxylation is 1. The van der Waals surface area contributed by atoms with Crippen molar-refractivity contribution in [3.8, 4) is 17.1 Å². The Balaban J connectivity index is 2.54. The maximum atomic E-state index is 12.4. The average molecular weight is 406 g/mol. The molecule has 21 heavy (non-hydrogen) atoms. The fourth-order valence-corrected chi connectivity index (χ4v) is 2.42. The molecular formula is C14H13F2IN2O2. The molecule has 0 radical (unpaired) electrons. The molecule has 0 atom stereocenters. The highest BCUT2D eigenvalue weighted by atomic mass is 127. The molecule has 2 aromatic rings. The largest absolute Gasteiger partial charge is 0.434 e. The zero-order valence-corrected chi connectivity index (χ0v) is 13.4. The van der Waals surface area contributed by atoms with Gasteiger partial charge in [-0.3, -0.25) is 4.79 Å². The van der Waals surface area contributed by atoms with Gasteiger partial charge in [-0.2, -0.15) is 8.78 Å². The van der Waals surface area contributed by atoms with Crippen molar-refractivity contribution in [2.75, 3.05) is 0 Å². The van der Waals surface area contributed by atoms with Gasteiger partial charge in [0, 0.05) is 0 Å². The van der Waals surface area contributed by atoms with Gasteiger partial charge in [-0.15, -0.1) is 0 Å². The first-order chi connectivity index (χ1) is 10.0. The zero-order valence-electron chi connectivity index (χ0n) is 11.2. The smallest absolute Gasteiger partial charge is 0.387 e. The second-order valence-corrected chi connectivity index (χ2v) is 5.38. The number of aromatic nitrogens is 2. The molecule has 1 aromatic carbocycles. The summed E-state index contributed by atoms with van der Waals surface area (Å²) < 4.78 is 29.9. The van der Waals surface area contributed by atoms with E-state index < -0.39 is 6.61 Å². The molecule has 1 heterocycles. The number of aromatic amines is 1. The van der Waals surface area contributed by atoms with Crippen LogP contribution in [0.4, 0.5) is 8.78 Å². The highest BCUT2D eigenvalue weighted by Crippen LogP contribution is 2.28. The molecular weight excluding hydrogens is 393 g/mol. The quantitative estimate of drug-likeness (QED) is 0.773. The van der Waals surface area contributed by atoms with Crippen molar-refractivity contribution in [1.29, 1.82) is 0 Å². The van der Waals surface area contributed by atoms with Gasteiger partial charge in [-0.05, 0) is 41.1 Å². The topological polar surface area (TPSA) is 55.0 Å². The molecule has 1 aromatic heterocycles. The molecule has 112 valence electrons. The van der Waals surface area contributed by atoms with Crippen LogP contribution in [0.2, 0.25) is 0 Å². The van der Waals surface area contributed by atoms with Gasteiger partial charge >= 0.3 is 6.61 Å². The summed E-state index contributed by atoms with van der Waals surface area (Å²) in [5.41, 5.74) is 0.711. The lowest BCUT2D eigenvalue weighted by atomic mass is 10.1. The van der Waals surface area contributed by atoms with E-state index in [0.717, 1.165) is 6.42 Å². The number of ether oxygens (including phenoxy) is 1. The van der Waals surface area contributed by atoms with E-state index in [1.165, 1.54) is 6.07 Å². The average Bonchev–Trinajstić information content (AvgIpc) is 2.44. The van der Waals surface area contributed by atoms with Crippen LogP contribution in [0.3, 0.4) is 0 Å². The van der Waals surface area contributed by atoms with Crippen molar-refractivity contribution in [2.24, 2.45) is 0 Å². The number of benzene rings is 1. The Kier molecular flexibility index (Phi) is 5.27. The first kappa shape index (κ1) is 15.9. The monoisotopic (exact) mass is 406 g/mol. The number of rotatable bonds is 5. The van der Waals surface area contributed by atoms with Crippen LogP contribution in [-0.2, 0) is 6.42 Å². The van der Waals surface area contributed by atoms with Crippen molar-refractivity contribution < 1.29 is 13.5 Å². The third kappa shape index (κ3) is 3.78. The highest BCUT2D eigenvalue weighted by molar-refractivity contribution is 14.1. The van der Waals surface area contributed by atoms with E-state index in [9.17, 15) is 13.6 Å². The third-order valence-electron chi connectivity index (χ3n) is 2.78. The van der Waals surface area contributed by atoms with E-state index >= 15 is 0 Å². The van der Waals surface area contributed by atoms with Crippen LogP contribution in [0.15, 0.2) is 29.1 Å². The van der Waals surface area contributed by atoms with E-state index in [1.807, 2.05) is 29.5 Å². The summed E-state index contributed by atoms with van der Waals surface area (Å²) in [7, 11) is 0. The third-order valence-corrected chi connectivity index (χ3v) is 3.89. The second-order valence-electron chi connectivity index (χ2n) is 4.30. The van der Waals surface area contributed by atoms with E-state index in [2.05, 4.69) is 14.7 Å². The predicted octanol–water partition coefficient (Wildman–Crippen LogP) is 3.60. The molecule has 0 unspecified atom stereocenters. The Morgan fingerprint density at radius 2 is 2.10 bits per heavy atom. The second kappa shape index (κ2) is 6.97. The van der Waals surface area contributed by atoms with Gasteiger partial charge in [0.25, 0.3) is 5.56 Å². The van der Waals surface area contributed by atoms with Crippen molar-refractivity contribution >= 4 is 22.6 Å². The van der Waals surface area contributed by atoms with E-state index in [4.69, 9.17) is 0 Å². The molecule has 1 N–H and O–H groups in total. The van der Waals surface area contributed by atoms with Crippen LogP contribution in [-0.4, -0.2) is 16.6 Å². The van der Waals surface area contributed by atoms with Crippen LogP contribution in [0.25, 0.3) is 11.4 Å². The Morgan fingerprint density at radius 1 is 1.38 bits per heavy atom. The fourth-order valence-electron chi connectivity index (χ4n) is 1.90. The van der Waals surface area contributed by atoms with Crippen molar-refractivity contribution in [2.45, 2.75) is 26.4 Å². The first-order valence-electron chi connectivity index (χ1n) is 6.35. The molecule has 0 saturated heterocycles. The van der Waals surface area contributed by atoms with Crippen LogP contribution < -0.4 is 10.3 Å². The Morgan fingerprint density at radius 3 is 2.76 bits per heavy atom. The molecule has 0 aliphatic heterocycles. The van der Waals surface area contributed by atoms with E-state index in [-0.39, 0.29) is 17.1 Å². The summed E-state index contributed by atoms with van der Waals surface area (Å²) in [5, 5.41) is 0. The van der Waals surface area contributed by atoms with Crippen LogP contribution >= 0.6 is 22.6 Å². The number of para-hydroxylation sites is 1. The van der Waals surface area contributed by atoms with Gasteiger partial charge < -0.3 is 9.72 Å². The van der Waals surface area contributed by atoms with Crippen molar-refractivity contribution in [1.82, 2.24) is 9.97 Å². The zero-order chi connectivity index (χ0) is 15.4. The predicted molar refractivity (Wildman–Crippen MR) is 83.6 cm³/mol. The lowest BCUT2D eigenvalue weighted by Crippen LogP contribution is -2.16. The summed E-state index contributed by atoms with van der Waals surface area (Å²) in [5.74, 6) is 0.222. The van der Waals surface area contributed by atoms with Crippen LogP contribution in [0, 0.1) is 3.57 Å². The molecule has 2 rings (SSSR count). The van der Waals surface area contributed by atoms with Crippen LogP contribution in [0.5, 0.6) is 5.75 Å². The first-order valence-corrected chi connectivity index (χ1v) is 7.43. The maximum absolute atomic E-state index is 12.4. The lowest BCUT2D eigenvalue weighted by molar-refractivity contribution is -0.0494. The van der Waals surface area contributed by atoms with Gasteiger partial charge in [0.2, 0.25) is 0 Å². The normalized spacial score (nSPS) is 10.9. The molecule has 0 saturated carbocycles. The molecule has 0 spiro atoms. The van der Waals surface area contributed by atoms with E-state index in [0.29, 0.717) is 21.2 Å². The SMILES string of the molecule is CCCc1nc(-c2ccccc2OC(F)F)[nH]c(=O)c1I. The number of nitrogens with zero attached hydrogens (tertiary/aromatic N) is 1. The number of halogens is 3. The van der Waals surface area contributed by atoms with E-state index in [1.54, 1.807) is 18.2 Å². The molecule has 0 aliphatic carbocycles. The Bertz CT molecular complexity index is 689. The van der Waals surface area contributed by atoms with Gasteiger partial charge in [-0.25, -0.2) is 4.98 Å². The summed E-state index contributed by atoms with van der Waals surface area (Å²) >= 11 is 1.94. The standard InChI is InChI=1S/C14H13F2IN2O2/c1-2-5-9-11(17)13(20)19-12(18-9)8-6-3-4-7-10(8)21-14(15)16/h3-4,6-7,14H,2,5H2,1H3,(H,18,19,20). The Hall–Kier alpha value is -1.51. The van der Waals surface area contributed by atoms with Gasteiger partial charge in [0.1, 0.15) is 11.6 Å². The lowest BCUT2D eigenvalue weighted by Gasteiger charge is -2.11. The molecule has 4 nitrogen and oxygen atoms in total. The minimum Gasteiger partial charge on any atom is -0.434 e. The van der Waals surface area contributed by atoms with Crippen LogP contribution in [0.1, 0.15) is 19.0 Å². The summed E-state index contributed by atoms with van der Waals surface area (Å²) in [6.45, 7) is -0.955. The molecule has 0 bridgehead atoms. The molecule has 0 aliphatic rings. The highest BCUT2D eigenvalue weighted by Gasteiger charge is 2.15. The van der Waals surface area contributed by atoms with Crippen molar-refractivity contribution in [3.63, 3.8) is 0 Å².